The largest absolute Gasteiger partial charge is 0.469 e. The Kier molecular flexibility index (Phi) is 5.00. The molecule has 0 aliphatic heterocycles. The van der Waals surface area contributed by atoms with Crippen LogP contribution in [-0.4, -0.2) is 26.2 Å². The van der Waals surface area contributed by atoms with Gasteiger partial charge in [-0.3, -0.25) is 4.79 Å². The van der Waals surface area contributed by atoms with Gasteiger partial charge in [-0.2, -0.15) is 0 Å². The molecule has 1 rings (SSSR count). The molecular weight excluding hydrogens is 202 g/mol. The van der Waals surface area contributed by atoms with Crippen LogP contribution in [0.4, 0.5) is 0 Å². The summed E-state index contributed by atoms with van der Waals surface area (Å²) in [6.45, 7) is 5.43. The average Bonchev–Trinajstić information content (AvgIpc) is 2.76. The van der Waals surface area contributed by atoms with Crippen LogP contribution in [0.15, 0.2) is 11.6 Å². The van der Waals surface area contributed by atoms with Crippen LogP contribution in [-0.2, 0) is 9.53 Å². The Labute approximate surface area is 98.2 Å². The van der Waals surface area contributed by atoms with Crippen molar-refractivity contribution in [1.29, 1.82) is 0 Å². The van der Waals surface area contributed by atoms with Gasteiger partial charge in [0.25, 0.3) is 0 Å². The highest BCUT2D eigenvalue weighted by atomic mass is 16.5. The lowest BCUT2D eigenvalue weighted by atomic mass is 9.94. The molecule has 3 nitrogen and oxygen atoms in total. The molecule has 0 saturated carbocycles. The first-order valence-corrected chi connectivity index (χ1v) is 6.03. The molecule has 0 unspecified atom stereocenters. The van der Waals surface area contributed by atoms with Gasteiger partial charge in [-0.15, -0.1) is 0 Å². The Morgan fingerprint density at radius 1 is 1.56 bits per heavy atom. The molecule has 0 spiro atoms. The monoisotopic (exact) mass is 225 g/mol. The van der Waals surface area contributed by atoms with Gasteiger partial charge in [0.2, 0.25) is 0 Å². The molecule has 0 bridgehead atoms. The summed E-state index contributed by atoms with van der Waals surface area (Å²) in [5.41, 5.74) is 1.13. The van der Waals surface area contributed by atoms with E-state index in [1.54, 1.807) is 5.57 Å². The van der Waals surface area contributed by atoms with Gasteiger partial charge < -0.3 is 10.1 Å². The van der Waals surface area contributed by atoms with Crippen molar-refractivity contribution in [1.82, 2.24) is 5.32 Å². The van der Waals surface area contributed by atoms with Crippen LogP contribution < -0.4 is 5.32 Å². The van der Waals surface area contributed by atoms with Crippen LogP contribution in [0, 0.1) is 5.41 Å². The fourth-order valence-corrected chi connectivity index (χ4v) is 1.96. The number of hydrogen-bond donors (Lipinski definition) is 1. The molecular formula is C13H23NO2. The van der Waals surface area contributed by atoms with Gasteiger partial charge >= 0.3 is 5.97 Å². The van der Waals surface area contributed by atoms with Crippen molar-refractivity contribution in [2.45, 2.75) is 39.5 Å². The maximum absolute atomic E-state index is 11.4. The SMILES string of the molecule is COC(=O)C(C)(C)CNCCC1=CCCC1. The smallest absolute Gasteiger partial charge is 0.312 e. The zero-order valence-electron chi connectivity index (χ0n) is 10.6. The summed E-state index contributed by atoms with van der Waals surface area (Å²) in [5, 5.41) is 3.33. The number of nitrogens with one attached hydrogen (secondary N) is 1. The molecule has 0 fully saturated rings. The molecule has 0 aromatic rings. The van der Waals surface area contributed by atoms with Crippen LogP contribution in [0.3, 0.4) is 0 Å². The van der Waals surface area contributed by atoms with Gasteiger partial charge in [0.05, 0.1) is 12.5 Å². The Morgan fingerprint density at radius 3 is 2.88 bits per heavy atom. The Bertz CT molecular complexity index is 269. The summed E-state index contributed by atoms with van der Waals surface area (Å²) in [6.07, 6.45) is 7.25. The molecule has 1 aliphatic carbocycles. The lowest BCUT2D eigenvalue weighted by Gasteiger charge is -2.21. The predicted octanol–water partition coefficient (Wildman–Crippen LogP) is 2.28. The molecule has 1 aliphatic rings. The molecule has 0 aromatic carbocycles. The minimum absolute atomic E-state index is 0.153. The van der Waals surface area contributed by atoms with Crippen molar-refractivity contribution in [3.63, 3.8) is 0 Å². The van der Waals surface area contributed by atoms with E-state index in [2.05, 4.69) is 11.4 Å². The highest BCUT2D eigenvalue weighted by Crippen LogP contribution is 2.20. The molecule has 16 heavy (non-hydrogen) atoms. The van der Waals surface area contributed by atoms with E-state index in [0.717, 1.165) is 13.0 Å². The van der Waals surface area contributed by atoms with Gasteiger partial charge in [0.15, 0.2) is 0 Å². The van der Waals surface area contributed by atoms with Crippen molar-refractivity contribution in [2.75, 3.05) is 20.2 Å². The van der Waals surface area contributed by atoms with Crippen molar-refractivity contribution in [3.05, 3.63) is 11.6 Å². The number of carbonyl (C=O) groups excluding carboxylic acids is 1. The molecule has 0 aromatic heterocycles. The van der Waals surface area contributed by atoms with Crippen LogP contribution in [0.5, 0.6) is 0 Å². The van der Waals surface area contributed by atoms with E-state index in [-0.39, 0.29) is 5.97 Å². The molecule has 1 N–H and O–H groups in total. The normalized spacial score (nSPS) is 16.1. The maximum Gasteiger partial charge on any atom is 0.312 e. The van der Waals surface area contributed by atoms with E-state index < -0.39 is 5.41 Å². The van der Waals surface area contributed by atoms with Crippen LogP contribution >= 0.6 is 0 Å². The van der Waals surface area contributed by atoms with Gasteiger partial charge in [-0.05, 0) is 46.1 Å². The molecule has 3 heteroatoms. The van der Waals surface area contributed by atoms with Gasteiger partial charge in [0, 0.05) is 6.54 Å². The minimum Gasteiger partial charge on any atom is -0.469 e. The van der Waals surface area contributed by atoms with E-state index in [4.69, 9.17) is 4.74 Å². The first-order valence-electron chi connectivity index (χ1n) is 6.03. The maximum atomic E-state index is 11.4. The molecule has 0 saturated heterocycles. The van der Waals surface area contributed by atoms with Gasteiger partial charge in [-0.25, -0.2) is 0 Å². The fraction of sp³-hybridized carbons (Fsp3) is 0.769. The van der Waals surface area contributed by atoms with Crippen LogP contribution in [0.25, 0.3) is 0 Å². The summed E-state index contributed by atoms with van der Waals surface area (Å²) < 4.78 is 4.76. The lowest BCUT2D eigenvalue weighted by Crippen LogP contribution is -2.37. The first kappa shape index (κ1) is 13.2. The number of allylic oxidation sites excluding steroid dienone is 1. The Morgan fingerprint density at radius 2 is 2.31 bits per heavy atom. The molecule has 0 amide bonds. The number of esters is 1. The zero-order chi connectivity index (χ0) is 12.0. The summed E-state index contributed by atoms with van der Waals surface area (Å²) in [6, 6.07) is 0. The number of carbonyl (C=O) groups is 1. The Hall–Kier alpha value is -0.830. The molecule has 0 radical (unpaired) electrons. The van der Waals surface area contributed by atoms with Crippen LogP contribution in [0.1, 0.15) is 39.5 Å². The van der Waals surface area contributed by atoms with E-state index in [0.29, 0.717) is 6.54 Å². The van der Waals surface area contributed by atoms with Crippen molar-refractivity contribution in [2.24, 2.45) is 5.41 Å². The summed E-state index contributed by atoms with van der Waals surface area (Å²) in [4.78, 5) is 11.4. The average molecular weight is 225 g/mol. The second-order valence-electron chi connectivity index (χ2n) is 5.06. The van der Waals surface area contributed by atoms with E-state index in [1.807, 2.05) is 13.8 Å². The van der Waals surface area contributed by atoms with Crippen molar-refractivity contribution >= 4 is 5.97 Å². The molecule has 92 valence electrons. The number of methoxy groups -OCH3 is 1. The number of hydrogen-bond acceptors (Lipinski definition) is 3. The third-order valence-electron chi connectivity index (χ3n) is 3.06. The lowest BCUT2D eigenvalue weighted by molar-refractivity contribution is -0.150. The van der Waals surface area contributed by atoms with Crippen LogP contribution in [0.2, 0.25) is 0 Å². The third kappa shape index (κ3) is 3.97. The van der Waals surface area contributed by atoms with Gasteiger partial charge in [-0.1, -0.05) is 11.6 Å². The predicted molar refractivity (Wildman–Crippen MR) is 65.2 cm³/mol. The highest BCUT2D eigenvalue weighted by Gasteiger charge is 2.27. The first-order chi connectivity index (χ1) is 7.56. The molecule has 0 atom stereocenters. The second kappa shape index (κ2) is 6.04. The van der Waals surface area contributed by atoms with E-state index in [9.17, 15) is 4.79 Å². The van der Waals surface area contributed by atoms with E-state index >= 15 is 0 Å². The Balaban J connectivity index is 2.16. The summed E-state index contributed by atoms with van der Waals surface area (Å²) in [7, 11) is 1.44. The molecule has 0 heterocycles. The third-order valence-corrected chi connectivity index (χ3v) is 3.06. The fourth-order valence-electron chi connectivity index (χ4n) is 1.96. The van der Waals surface area contributed by atoms with Gasteiger partial charge in [0.1, 0.15) is 0 Å². The summed E-state index contributed by atoms with van der Waals surface area (Å²) in [5.74, 6) is -0.153. The standard InChI is InChI=1S/C13H23NO2/c1-13(2,12(15)16-3)10-14-9-8-11-6-4-5-7-11/h6,14H,4-5,7-10H2,1-3H3. The second-order valence-corrected chi connectivity index (χ2v) is 5.06. The number of ether oxygens (including phenoxy) is 1. The number of rotatable bonds is 6. The van der Waals surface area contributed by atoms with Crippen molar-refractivity contribution < 1.29 is 9.53 Å². The quantitative estimate of drug-likeness (QED) is 0.428. The minimum atomic E-state index is -0.432. The zero-order valence-corrected chi connectivity index (χ0v) is 10.6. The topological polar surface area (TPSA) is 38.3 Å². The van der Waals surface area contributed by atoms with E-state index in [1.165, 1.54) is 26.4 Å². The van der Waals surface area contributed by atoms with Crippen molar-refractivity contribution in [3.8, 4) is 0 Å². The highest BCUT2D eigenvalue weighted by molar-refractivity contribution is 5.76. The summed E-state index contributed by atoms with van der Waals surface area (Å²) >= 11 is 0.